The number of hydrogen-bond acceptors (Lipinski definition) is 5. The molecule has 1 aliphatic rings. The van der Waals surface area contributed by atoms with Gasteiger partial charge in [0.25, 0.3) is 5.91 Å². The minimum atomic E-state index is -0.785. The van der Waals surface area contributed by atoms with Gasteiger partial charge in [0.2, 0.25) is 5.91 Å². The maximum Gasteiger partial charge on any atom is 0.311 e. The van der Waals surface area contributed by atoms with Crippen molar-refractivity contribution in [3.63, 3.8) is 0 Å². The monoisotopic (exact) mass is 434 g/mol. The summed E-state index contributed by atoms with van der Waals surface area (Å²) in [4.78, 5) is 48.7. The number of Topliss-reactive ketones (excluding diaryl/α,β-unsaturated/α-hetero) is 1. The Kier molecular flexibility index (Phi) is 6.51. The van der Waals surface area contributed by atoms with Gasteiger partial charge in [-0.2, -0.15) is 0 Å². The standard InChI is InChI=1S/C20H16Cl2N2O5/c21-14-6-7-15(16(22)9-14)19(27)23-24-10-13(8-18(24)26)20(28)29-11-17(25)12-4-2-1-3-5-12/h1-7,9,13H,8,10-11H2,(H,23,27)/t13-/m1/s1. The maximum absolute atomic E-state index is 12.3. The summed E-state index contributed by atoms with van der Waals surface area (Å²) >= 11 is 11.8. The third kappa shape index (κ3) is 5.13. The highest BCUT2D eigenvalue weighted by atomic mass is 35.5. The number of rotatable bonds is 6. The molecule has 0 spiro atoms. The van der Waals surface area contributed by atoms with E-state index in [-0.39, 0.29) is 29.3 Å². The van der Waals surface area contributed by atoms with Gasteiger partial charge in [-0.25, -0.2) is 0 Å². The average Bonchev–Trinajstić information content (AvgIpc) is 3.06. The van der Waals surface area contributed by atoms with Gasteiger partial charge < -0.3 is 4.74 Å². The van der Waals surface area contributed by atoms with Crippen LogP contribution in [0, 0.1) is 5.92 Å². The third-order valence-electron chi connectivity index (χ3n) is 4.31. The van der Waals surface area contributed by atoms with Gasteiger partial charge in [-0.1, -0.05) is 53.5 Å². The van der Waals surface area contributed by atoms with Crippen molar-refractivity contribution < 1.29 is 23.9 Å². The molecule has 0 aliphatic carbocycles. The summed E-state index contributed by atoms with van der Waals surface area (Å²) in [5.41, 5.74) is 2.99. The van der Waals surface area contributed by atoms with E-state index in [1.54, 1.807) is 30.3 Å². The summed E-state index contributed by atoms with van der Waals surface area (Å²) in [5, 5.41) is 1.55. The Balaban J connectivity index is 1.54. The largest absolute Gasteiger partial charge is 0.457 e. The minimum Gasteiger partial charge on any atom is -0.457 e. The van der Waals surface area contributed by atoms with Crippen LogP contribution in [0.25, 0.3) is 0 Å². The van der Waals surface area contributed by atoms with Gasteiger partial charge in [-0.15, -0.1) is 0 Å². The molecule has 1 fully saturated rings. The number of amides is 2. The van der Waals surface area contributed by atoms with Gasteiger partial charge in [0.05, 0.1) is 23.0 Å². The topological polar surface area (TPSA) is 92.8 Å². The van der Waals surface area contributed by atoms with Crippen LogP contribution in [-0.4, -0.2) is 41.7 Å². The summed E-state index contributed by atoms with van der Waals surface area (Å²) in [6, 6.07) is 12.8. The molecule has 0 unspecified atom stereocenters. The van der Waals surface area contributed by atoms with Gasteiger partial charge in [-0.05, 0) is 18.2 Å². The number of hydrogen-bond donors (Lipinski definition) is 1. The van der Waals surface area contributed by atoms with E-state index >= 15 is 0 Å². The second-order valence-electron chi connectivity index (χ2n) is 6.37. The van der Waals surface area contributed by atoms with Crippen molar-refractivity contribution in [3.8, 4) is 0 Å². The summed E-state index contributed by atoms with van der Waals surface area (Å²) < 4.78 is 5.04. The first-order chi connectivity index (χ1) is 13.8. The Labute approximate surface area is 176 Å². The fourth-order valence-corrected chi connectivity index (χ4v) is 3.29. The van der Waals surface area contributed by atoms with E-state index in [2.05, 4.69) is 5.43 Å². The van der Waals surface area contributed by atoms with Crippen molar-refractivity contribution in [1.29, 1.82) is 0 Å². The van der Waals surface area contributed by atoms with Gasteiger partial charge >= 0.3 is 5.97 Å². The predicted molar refractivity (Wildman–Crippen MR) is 105 cm³/mol. The van der Waals surface area contributed by atoms with Crippen molar-refractivity contribution in [2.45, 2.75) is 6.42 Å². The first-order valence-electron chi connectivity index (χ1n) is 8.66. The highest BCUT2D eigenvalue weighted by Gasteiger charge is 2.37. The Bertz CT molecular complexity index is 965. The third-order valence-corrected chi connectivity index (χ3v) is 4.86. The molecule has 1 saturated heterocycles. The molecule has 0 bridgehead atoms. The molecular weight excluding hydrogens is 419 g/mol. The zero-order valence-electron chi connectivity index (χ0n) is 15.1. The second kappa shape index (κ2) is 9.07. The van der Waals surface area contributed by atoms with E-state index in [0.29, 0.717) is 10.6 Å². The normalized spacial score (nSPS) is 15.9. The fraction of sp³-hybridized carbons (Fsp3) is 0.200. The van der Waals surface area contributed by atoms with Crippen LogP contribution in [0.1, 0.15) is 27.1 Å². The number of esters is 1. The van der Waals surface area contributed by atoms with E-state index in [1.165, 1.54) is 18.2 Å². The van der Waals surface area contributed by atoms with Crippen molar-refractivity contribution >= 4 is 46.8 Å². The molecule has 0 aromatic heterocycles. The first kappa shape index (κ1) is 20.8. The Hall–Kier alpha value is -2.90. The minimum absolute atomic E-state index is 0.0614. The number of nitrogens with zero attached hydrogens (tertiary/aromatic N) is 1. The lowest BCUT2D eigenvalue weighted by molar-refractivity contribution is -0.147. The number of hydrazine groups is 1. The predicted octanol–water partition coefficient (Wildman–Crippen LogP) is 2.91. The number of benzene rings is 2. The van der Waals surface area contributed by atoms with E-state index in [0.717, 1.165) is 5.01 Å². The molecule has 1 N–H and O–H groups in total. The number of ketones is 1. The quantitative estimate of drug-likeness (QED) is 0.557. The summed E-state index contributed by atoms with van der Waals surface area (Å²) in [5.74, 6) is -2.85. The maximum atomic E-state index is 12.3. The molecule has 1 aliphatic heterocycles. The SMILES string of the molecule is O=C(COC(=O)[C@@H]1CC(=O)N(NC(=O)c2ccc(Cl)cc2Cl)C1)c1ccccc1. The van der Waals surface area contributed by atoms with Crippen molar-refractivity contribution in [1.82, 2.24) is 10.4 Å². The van der Waals surface area contributed by atoms with Gasteiger partial charge in [0, 0.05) is 17.0 Å². The summed E-state index contributed by atoms with van der Waals surface area (Å²) in [6.45, 7) is -0.478. The molecule has 2 aromatic carbocycles. The number of ether oxygens (including phenoxy) is 1. The van der Waals surface area contributed by atoms with Crippen molar-refractivity contribution in [3.05, 3.63) is 69.7 Å². The summed E-state index contributed by atoms with van der Waals surface area (Å²) in [7, 11) is 0. The zero-order chi connectivity index (χ0) is 21.0. The van der Waals surface area contributed by atoms with Crippen LogP contribution in [0.4, 0.5) is 0 Å². The lowest BCUT2D eigenvalue weighted by atomic mass is 10.1. The molecule has 1 heterocycles. The Morgan fingerprint density at radius 1 is 1.10 bits per heavy atom. The number of nitrogens with one attached hydrogen (secondary N) is 1. The molecule has 9 heteroatoms. The second-order valence-corrected chi connectivity index (χ2v) is 7.21. The molecule has 29 heavy (non-hydrogen) atoms. The van der Waals surface area contributed by atoms with Crippen molar-refractivity contribution in [2.75, 3.05) is 13.2 Å². The van der Waals surface area contributed by atoms with Crippen LogP contribution in [0.2, 0.25) is 10.0 Å². The van der Waals surface area contributed by atoms with Gasteiger partial charge in [-0.3, -0.25) is 29.6 Å². The van der Waals surface area contributed by atoms with E-state index in [4.69, 9.17) is 27.9 Å². The van der Waals surface area contributed by atoms with Crippen molar-refractivity contribution in [2.24, 2.45) is 5.92 Å². The van der Waals surface area contributed by atoms with E-state index in [1.807, 2.05) is 0 Å². The highest BCUT2D eigenvalue weighted by molar-refractivity contribution is 6.36. The molecule has 2 aromatic rings. The zero-order valence-corrected chi connectivity index (χ0v) is 16.6. The molecular formula is C20H16Cl2N2O5. The molecule has 2 amide bonds. The molecule has 0 radical (unpaired) electrons. The van der Waals surface area contributed by atoms with Crippen LogP contribution >= 0.6 is 23.2 Å². The lowest BCUT2D eigenvalue weighted by Crippen LogP contribution is -2.43. The molecule has 150 valence electrons. The first-order valence-corrected chi connectivity index (χ1v) is 9.42. The molecule has 1 atom stereocenters. The highest BCUT2D eigenvalue weighted by Crippen LogP contribution is 2.22. The number of carbonyl (C=O) groups is 4. The molecule has 7 nitrogen and oxygen atoms in total. The Morgan fingerprint density at radius 2 is 1.83 bits per heavy atom. The van der Waals surface area contributed by atoms with Crippen LogP contribution < -0.4 is 5.43 Å². The van der Waals surface area contributed by atoms with Crippen LogP contribution in [0.15, 0.2) is 48.5 Å². The van der Waals surface area contributed by atoms with Crippen LogP contribution in [-0.2, 0) is 14.3 Å². The van der Waals surface area contributed by atoms with Crippen LogP contribution in [0.5, 0.6) is 0 Å². The molecule has 0 saturated carbocycles. The number of carbonyl (C=O) groups excluding carboxylic acids is 4. The Morgan fingerprint density at radius 3 is 2.52 bits per heavy atom. The van der Waals surface area contributed by atoms with Gasteiger partial charge in [0.15, 0.2) is 12.4 Å². The smallest absolute Gasteiger partial charge is 0.311 e. The van der Waals surface area contributed by atoms with Gasteiger partial charge in [0.1, 0.15) is 0 Å². The van der Waals surface area contributed by atoms with Crippen LogP contribution in [0.3, 0.4) is 0 Å². The fourth-order valence-electron chi connectivity index (χ4n) is 2.79. The van der Waals surface area contributed by atoms with E-state index in [9.17, 15) is 19.2 Å². The average molecular weight is 435 g/mol. The summed E-state index contributed by atoms with van der Waals surface area (Å²) in [6.07, 6.45) is -0.132. The molecule has 3 rings (SSSR count). The van der Waals surface area contributed by atoms with E-state index < -0.39 is 30.3 Å². The number of halogens is 2. The lowest BCUT2D eigenvalue weighted by Gasteiger charge is -2.18.